The maximum absolute atomic E-state index is 12.7. The highest BCUT2D eigenvalue weighted by molar-refractivity contribution is 8.00. The minimum atomic E-state index is 0.0795. The van der Waals surface area contributed by atoms with E-state index >= 15 is 0 Å². The number of pyridine rings is 1. The van der Waals surface area contributed by atoms with E-state index in [1.807, 2.05) is 49.1 Å². The van der Waals surface area contributed by atoms with Crippen LogP contribution in [0.5, 0.6) is 0 Å². The van der Waals surface area contributed by atoms with Gasteiger partial charge >= 0.3 is 0 Å². The summed E-state index contributed by atoms with van der Waals surface area (Å²) in [4.78, 5) is 23.6. The number of oxazole rings is 1. The number of carbonyl (C=O) groups excluding carboxylic acids is 1. The molecule has 7 heteroatoms. The molecule has 4 rings (SSSR count). The monoisotopic (exact) mass is 406 g/mol. The van der Waals surface area contributed by atoms with Crippen molar-refractivity contribution < 1.29 is 9.21 Å². The van der Waals surface area contributed by atoms with Crippen molar-refractivity contribution in [1.29, 1.82) is 5.26 Å². The van der Waals surface area contributed by atoms with Crippen LogP contribution < -0.4 is 0 Å². The number of thioether (sulfide) groups is 1. The van der Waals surface area contributed by atoms with Crippen LogP contribution in [0.2, 0.25) is 0 Å². The number of piperidine rings is 1. The lowest BCUT2D eigenvalue weighted by Crippen LogP contribution is -2.39. The Balaban J connectivity index is 1.35. The number of aromatic nitrogens is 2. The van der Waals surface area contributed by atoms with Gasteiger partial charge in [0.2, 0.25) is 5.91 Å². The summed E-state index contributed by atoms with van der Waals surface area (Å²) in [6.45, 7) is 5.18. The molecule has 1 aliphatic heterocycles. The van der Waals surface area contributed by atoms with Crippen molar-refractivity contribution in [3.05, 3.63) is 53.0 Å². The van der Waals surface area contributed by atoms with Crippen LogP contribution in [0.3, 0.4) is 0 Å². The van der Waals surface area contributed by atoms with Crippen LogP contribution in [0.4, 0.5) is 0 Å². The van der Waals surface area contributed by atoms with Crippen LogP contribution in [0.25, 0.3) is 11.1 Å². The van der Waals surface area contributed by atoms with Crippen molar-refractivity contribution >= 4 is 28.8 Å². The summed E-state index contributed by atoms with van der Waals surface area (Å²) in [5.41, 5.74) is 4.01. The Labute approximate surface area is 173 Å². The number of aryl methyl sites for hydroxylation is 2. The van der Waals surface area contributed by atoms with Gasteiger partial charge in [0.1, 0.15) is 16.6 Å². The van der Waals surface area contributed by atoms with Crippen LogP contribution >= 0.6 is 11.8 Å². The van der Waals surface area contributed by atoms with Gasteiger partial charge in [0.15, 0.2) is 11.5 Å². The molecule has 0 unspecified atom stereocenters. The molecule has 0 N–H and O–H groups in total. The minimum absolute atomic E-state index is 0.0795. The highest BCUT2D eigenvalue weighted by atomic mass is 32.2. The number of benzene rings is 1. The maximum atomic E-state index is 12.7. The molecule has 0 aliphatic carbocycles. The summed E-state index contributed by atoms with van der Waals surface area (Å²) in [5.74, 6) is 1.38. The number of para-hydroxylation sites is 2. The molecule has 0 saturated carbocycles. The Morgan fingerprint density at radius 2 is 2.03 bits per heavy atom. The number of rotatable bonds is 4. The second-order valence-corrected chi connectivity index (χ2v) is 8.30. The topological polar surface area (TPSA) is 83.0 Å². The highest BCUT2D eigenvalue weighted by Crippen LogP contribution is 2.30. The summed E-state index contributed by atoms with van der Waals surface area (Å²) in [5, 5.41) is 10.0. The summed E-state index contributed by atoms with van der Waals surface area (Å²) < 4.78 is 5.90. The Hall–Kier alpha value is -2.85. The van der Waals surface area contributed by atoms with Crippen LogP contribution in [-0.2, 0) is 4.79 Å². The number of carbonyl (C=O) groups is 1. The van der Waals surface area contributed by atoms with E-state index in [4.69, 9.17) is 4.42 Å². The van der Waals surface area contributed by atoms with Gasteiger partial charge in [0.05, 0.1) is 11.3 Å². The molecule has 1 saturated heterocycles. The van der Waals surface area contributed by atoms with E-state index in [0.717, 1.165) is 41.1 Å². The zero-order valence-corrected chi connectivity index (χ0v) is 17.3. The molecule has 0 atom stereocenters. The first-order valence-corrected chi connectivity index (χ1v) is 10.7. The standard InChI is InChI=1S/C22H22N4O2S/c1-14-11-15(2)24-22(17(14)12-23)29-13-20(27)26-9-7-16(8-10-26)21-25-18-5-3-4-6-19(18)28-21/h3-6,11,16H,7-10,13H2,1-2H3. The van der Waals surface area contributed by atoms with Crippen LogP contribution in [0.1, 0.15) is 41.5 Å². The van der Waals surface area contributed by atoms with Gasteiger partial charge in [-0.1, -0.05) is 23.9 Å². The van der Waals surface area contributed by atoms with Gasteiger partial charge < -0.3 is 9.32 Å². The molecule has 0 radical (unpaired) electrons. The number of hydrogen-bond acceptors (Lipinski definition) is 6. The molecule has 1 amide bonds. The second-order valence-electron chi connectivity index (χ2n) is 7.34. The first-order valence-electron chi connectivity index (χ1n) is 9.69. The van der Waals surface area contributed by atoms with Crippen LogP contribution in [-0.4, -0.2) is 39.6 Å². The van der Waals surface area contributed by atoms with E-state index in [1.165, 1.54) is 11.8 Å². The zero-order chi connectivity index (χ0) is 20.4. The van der Waals surface area contributed by atoms with Gasteiger partial charge in [-0.25, -0.2) is 9.97 Å². The van der Waals surface area contributed by atoms with Crippen LogP contribution in [0.15, 0.2) is 39.8 Å². The van der Waals surface area contributed by atoms with Crippen molar-refractivity contribution in [1.82, 2.24) is 14.9 Å². The van der Waals surface area contributed by atoms with E-state index < -0.39 is 0 Å². The predicted octanol–water partition coefficient (Wildman–Crippen LogP) is 4.21. The van der Waals surface area contributed by atoms with Crippen molar-refractivity contribution in [2.45, 2.75) is 37.6 Å². The van der Waals surface area contributed by atoms with Gasteiger partial charge in [-0.3, -0.25) is 4.79 Å². The van der Waals surface area contributed by atoms with Crippen molar-refractivity contribution in [2.24, 2.45) is 0 Å². The van der Waals surface area contributed by atoms with Gasteiger partial charge in [0.25, 0.3) is 0 Å². The average molecular weight is 407 g/mol. The molecule has 1 aliphatic rings. The third kappa shape index (κ3) is 4.13. The Bertz CT molecular complexity index is 1060. The van der Waals surface area contributed by atoms with E-state index in [1.54, 1.807) is 0 Å². The molecular weight excluding hydrogens is 384 g/mol. The number of amides is 1. The van der Waals surface area contributed by atoms with Gasteiger partial charge in [-0.2, -0.15) is 5.26 Å². The van der Waals surface area contributed by atoms with Gasteiger partial charge in [-0.05, 0) is 50.5 Å². The lowest BCUT2D eigenvalue weighted by atomic mass is 9.97. The molecule has 6 nitrogen and oxygen atoms in total. The number of likely N-dealkylation sites (tertiary alicyclic amines) is 1. The number of fused-ring (bicyclic) bond motifs is 1. The Kier molecular flexibility index (Phi) is 5.54. The number of nitrogens with zero attached hydrogens (tertiary/aromatic N) is 4. The summed E-state index contributed by atoms with van der Waals surface area (Å²) in [6.07, 6.45) is 1.68. The van der Waals surface area contributed by atoms with Gasteiger partial charge in [-0.15, -0.1) is 0 Å². The first-order chi connectivity index (χ1) is 14.0. The summed E-state index contributed by atoms with van der Waals surface area (Å²) in [6, 6.07) is 11.9. The Morgan fingerprint density at radius 1 is 1.28 bits per heavy atom. The zero-order valence-electron chi connectivity index (χ0n) is 16.5. The summed E-state index contributed by atoms with van der Waals surface area (Å²) in [7, 11) is 0. The second kappa shape index (κ2) is 8.26. The predicted molar refractivity (Wildman–Crippen MR) is 112 cm³/mol. The lowest BCUT2D eigenvalue weighted by molar-refractivity contribution is -0.129. The quantitative estimate of drug-likeness (QED) is 0.604. The largest absolute Gasteiger partial charge is 0.440 e. The lowest BCUT2D eigenvalue weighted by Gasteiger charge is -2.30. The molecule has 2 aromatic heterocycles. The molecule has 0 spiro atoms. The van der Waals surface area contributed by atoms with E-state index in [0.29, 0.717) is 23.7 Å². The number of nitriles is 1. The van der Waals surface area contributed by atoms with Gasteiger partial charge in [0, 0.05) is 24.7 Å². The fraction of sp³-hybridized carbons (Fsp3) is 0.364. The molecule has 1 aromatic carbocycles. The van der Waals surface area contributed by atoms with Crippen molar-refractivity contribution in [3.8, 4) is 6.07 Å². The number of hydrogen-bond donors (Lipinski definition) is 0. The highest BCUT2D eigenvalue weighted by Gasteiger charge is 2.27. The Morgan fingerprint density at radius 3 is 2.76 bits per heavy atom. The van der Waals surface area contributed by atoms with E-state index in [-0.39, 0.29) is 17.6 Å². The molecular formula is C22H22N4O2S. The molecule has 29 heavy (non-hydrogen) atoms. The third-order valence-corrected chi connectivity index (χ3v) is 6.22. The summed E-state index contributed by atoms with van der Waals surface area (Å²) >= 11 is 1.35. The molecule has 1 fully saturated rings. The molecule has 3 heterocycles. The van der Waals surface area contributed by atoms with E-state index in [2.05, 4.69) is 16.0 Å². The SMILES string of the molecule is Cc1cc(C)c(C#N)c(SCC(=O)N2CCC(c3nc4ccccc4o3)CC2)n1. The van der Waals surface area contributed by atoms with Crippen molar-refractivity contribution in [2.75, 3.05) is 18.8 Å². The molecule has 0 bridgehead atoms. The van der Waals surface area contributed by atoms with Crippen molar-refractivity contribution in [3.63, 3.8) is 0 Å². The van der Waals surface area contributed by atoms with Crippen LogP contribution in [0, 0.1) is 25.2 Å². The average Bonchev–Trinajstić information content (AvgIpc) is 3.16. The first kappa shape index (κ1) is 19.5. The minimum Gasteiger partial charge on any atom is -0.440 e. The maximum Gasteiger partial charge on any atom is 0.232 e. The molecule has 148 valence electrons. The molecule has 3 aromatic rings. The fourth-order valence-corrected chi connectivity index (χ4v) is 4.71. The smallest absolute Gasteiger partial charge is 0.232 e. The fourth-order valence-electron chi connectivity index (χ4n) is 3.70. The van der Waals surface area contributed by atoms with E-state index in [9.17, 15) is 10.1 Å². The third-order valence-electron chi connectivity index (χ3n) is 5.26. The normalized spacial score (nSPS) is 14.9.